The Balaban J connectivity index is 1.83. The van der Waals surface area contributed by atoms with Crippen LogP contribution in [0.5, 0.6) is 5.75 Å². The second-order valence-electron chi connectivity index (χ2n) is 6.82. The second kappa shape index (κ2) is 8.61. The summed E-state index contributed by atoms with van der Waals surface area (Å²) < 4.78 is 5.23. The molecule has 6 nitrogen and oxygen atoms in total. The number of carboxylic acid groups (broad SMARTS) is 1. The lowest BCUT2D eigenvalue weighted by atomic mass is 10.0. The summed E-state index contributed by atoms with van der Waals surface area (Å²) in [5, 5.41) is 12.7. The van der Waals surface area contributed by atoms with Crippen LogP contribution in [0.4, 0.5) is 0 Å². The van der Waals surface area contributed by atoms with Crippen molar-refractivity contribution in [1.29, 1.82) is 0 Å². The van der Waals surface area contributed by atoms with Gasteiger partial charge in [0.05, 0.1) is 13.5 Å². The van der Waals surface area contributed by atoms with Crippen molar-refractivity contribution in [2.75, 3.05) is 7.11 Å². The van der Waals surface area contributed by atoms with Crippen LogP contribution in [-0.4, -0.2) is 35.1 Å². The van der Waals surface area contributed by atoms with Gasteiger partial charge in [-0.1, -0.05) is 18.2 Å². The molecule has 0 bridgehead atoms. The van der Waals surface area contributed by atoms with Crippen LogP contribution in [0.25, 0.3) is 22.2 Å². The number of hydrogen-bond donors (Lipinski definition) is 3. The molecule has 1 atom stereocenters. The summed E-state index contributed by atoms with van der Waals surface area (Å²) in [6.07, 6.45) is 0.752. The first kappa shape index (κ1) is 19.5. The van der Waals surface area contributed by atoms with Crippen LogP contribution in [0, 0.1) is 0 Å². The fourth-order valence-electron chi connectivity index (χ4n) is 3.36. The lowest BCUT2D eigenvalue weighted by Crippen LogP contribution is -2.34. The molecular weight excluding hydrogens is 356 g/mol. The van der Waals surface area contributed by atoms with E-state index in [-0.39, 0.29) is 18.7 Å². The van der Waals surface area contributed by atoms with Crippen LogP contribution >= 0.6 is 0 Å². The van der Waals surface area contributed by atoms with Crippen LogP contribution in [0.2, 0.25) is 0 Å². The van der Waals surface area contributed by atoms with Gasteiger partial charge in [-0.25, -0.2) is 0 Å². The van der Waals surface area contributed by atoms with Gasteiger partial charge in [-0.15, -0.1) is 0 Å². The molecule has 0 aliphatic heterocycles. The average Bonchev–Trinajstić information content (AvgIpc) is 3.04. The van der Waals surface area contributed by atoms with Gasteiger partial charge >= 0.3 is 5.97 Å². The van der Waals surface area contributed by atoms with Gasteiger partial charge < -0.3 is 20.1 Å². The summed E-state index contributed by atoms with van der Waals surface area (Å²) in [4.78, 5) is 26.5. The van der Waals surface area contributed by atoms with Gasteiger partial charge in [0.25, 0.3) is 0 Å². The molecule has 6 heteroatoms. The third-order valence-electron chi connectivity index (χ3n) is 4.68. The molecule has 28 heavy (non-hydrogen) atoms. The second-order valence-corrected chi connectivity index (χ2v) is 6.82. The Morgan fingerprint density at radius 3 is 2.54 bits per heavy atom. The number of aromatic amines is 1. The molecule has 0 radical (unpaired) electrons. The molecule has 2 aromatic carbocycles. The van der Waals surface area contributed by atoms with Crippen LogP contribution in [-0.2, 0) is 16.0 Å². The fourth-order valence-corrected chi connectivity index (χ4v) is 3.36. The zero-order valence-electron chi connectivity index (χ0n) is 16.0. The van der Waals surface area contributed by atoms with Crippen molar-refractivity contribution in [1.82, 2.24) is 10.3 Å². The zero-order chi connectivity index (χ0) is 20.1. The molecule has 1 aromatic heterocycles. The molecule has 1 amide bonds. The molecule has 0 saturated heterocycles. The topological polar surface area (TPSA) is 91.4 Å². The number of aryl methyl sites for hydroxylation is 1. The van der Waals surface area contributed by atoms with E-state index in [1.807, 2.05) is 48.5 Å². The Morgan fingerprint density at radius 1 is 1.14 bits per heavy atom. The number of amides is 1. The quantitative estimate of drug-likeness (QED) is 0.555. The Labute approximate surface area is 163 Å². The Bertz CT molecular complexity index is 976. The molecule has 0 fully saturated rings. The molecule has 0 saturated carbocycles. The van der Waals surface area contributed by atoms with E-state index in [4.69, 9.17) is 9.84 Å². The Hall–Kier alpha value is -3.28. The number of aliphatic carboxylic acids is 1. The number of carboxylic acids is 1. The monoisotopic (exact) mass is 380 g/mol. The number of carbonyl (C=O) groups excluding carboxylic acids is 1. The predicted octanol–water partition coefficient (Wildman–Crippen LogP) is 3.76. The Kier molecular flexibility index (Phi) is 5.99. The molecular formula is C22H24N2O4. The number of methoxy groups -OCH3 is 1. The first-order valence-corrected chi connectivity index (χ1v) is 9.23. The van der Waals surface area contributed by atoms with Crippen molar-refractivity contribution in [3.8, 4) is 17.0 Å². The summed E-state index contributed by atoms with van der Waals surface area (Å²) in [5.41, 5.74) is 4.09. The number of nitrogens with one attached hydrogen (secondary N) is 2. The number of rotatable bonds is 8. The van der Waals surface area contributed by atoms with Crippen molar-refractivity contribution >= 4 is 22.8 Å². The molecule has 0 aliphatic rings. The van der Waals surface area contributed by atoms with E-state index in [2.05, 4.69) is 10.3 Å². The first-order valence-electron chi connectivity index (χ1n) is 9.23. The lowest BCUT2D eigenvalue weighted by Gasteiger charge is -2.12. The summed E-state index contributed by atoms with van der Waals surface area (Å²) in [6, 6.07) is 15.4. The van der Waals surface area contributed by atoms with E-state index in [1.54, 1.807) is 14.0 Å². The van der Waals surface area contributed by atoms with Gasteiger partial charge in [-0.2, -0.15) is 0 Å². The summed E-state index contributed by atoms with van der Waals surface area (Å²) >= 11 is 0. The third-order valence-corrected chi connectivity index (χ3v) is 4.68. The number of H-pyrrole nitrogens is 1. The maximum absolute atomic E-state index is 12.3. The number of benzene rings is 2. The average molecular weight is 380 g/mol. The number of ether oxygens (including phenoxy) is 1. The number of aromatic nitrogens is 1. The van der Waals surface area contributed by atoms with Crippen LogP contribution in [0.15, 0.2) is 48.5 Å². The van der Waals surface area contributed by atoms with Gasteiger partial charge in [-0.05, 0) is 54.8 Å². The number of para-hydroxylation sites is 1. The van der Waals surface area contributed by atoms with Gasteiger partial charge in [0.2, 0.25) is 5.91 Å². The van der Waals surface area contributed by atoms with E-state index in [0.717, 1.165) is 33.5 Å². The Morgan fingerprint density at radius 2 is 1.86 bits per heavy atom. The molecule has 0 aliphatic carbocycles. The minimum absolute atomic E-state index is 0.0874. The van der Waals surface area contributed by atoms with Crippen molar-refractivity contribution in [2.45, 2.75) is 32.2 Å². The van der Waals surface area contributed by atoms with Gasteiger partial charge in [0.1, 0.15) is 5.75 Å². The normalized spacial score (nSPS) is 11.9. The van der Waals surface area contributed by atoms with Crippen molar-refractivity contribution in [3.05, 3.63) is 54.1 Å². The fraction of sp³-hybridized carbons (Fsp3) is 0.273. The van der Waals surface area contributed by atoms with Gasteiger partial charge in [-0.3, -0.25) is 9.59 Å². The van der Waals surface area contributed by atoms with E-state index in [1.165, 1.54) is 0 Å². The molecule has 3 rings (SSSR count). The van der Waals surface area contributed by atoms with Crippen LogP contribution < -0.4 is 10.1 Å². The molecule has 1 unspecified atom stereocenters. The largest absolute Gasteiger partial charge is 0.497 e. The van der Waals surface area contributed by atoms with Gasteiger partial charge in [0.15, 0.2) is 0 Å². The molecule has 146 valence electrons. The number of fused-ring (bicyclic) bond motifs is 1. The maximum atomic E-state index is 12.3. The predicted molar refractivity (Wildman–Crippen MR) is 108 cm³/mol. The van der Waals surface area contributed by atoms with E-state index in [9.17, 15) is 9.59 Å². The molecule has 3 N–H and O–H groups in total. The highest BCUT2D eigenvalue weighted by Gasteiger charge is 2.16. The van der Waals surface area contributed by atoms with Gasteiger partial charge in [0, 0.05) is 29.1 Å². The SMILES string of the molecule is COc1ccc(-c2[nH]c3ccccc3c2CCC(=O)NC(C)CC(=O)O)cc1. The van der Waals surface area contributed by atoms with Crippen LogP contribution in [0.3, 0.4) is 0 Å². The molecule has 3 aromatic rings. The minimum Gasteiger partial charge on any atom is -0.497 e. The maximum Gasteiger partial charge on any atom is 0.305 e. The summed E-state index contributed by atoms with van der Waals surface area (Å²) in [7, 11) is 1.63. The number of hydrogen-bond acceptors (Lipinski definition) is 3. The number of carbonyl (C=O) groups is 2. The minimum atomic E-state index is -0.925. The lowest BCUT2D eigenvalue weighted by molar-refractivity contribution is -0.137. The van der Waals surface area contributed by atoms with Crippen LogP contribution in [0.1, 0.15) is 25.3 Å². The summed E-state index contributed by atoms with van der Waals surface area (Å²) in [5.74, 6) is -0.292. The molecule has 0 spiro atoms. The first-order chi connectivity index (χ1) is 13.5. The van der Waals surface area contributed by atoms with Crippen molar-refractivity contribution in [3.63, 3.8) is 0 Å². The highest BCUT2D eigenvalue weighted by atomic mass is 16.5. The van der Waals surface area contributed by atoms with E-state index in [0.29, 0.717) is 6.42 Å². The third kappa shape index (κ3) is 4.52. The molecule has 1 heterocycles. The summed E-state index contributed by atoms with van der Waals surface area (Å²) in [6.45, 7) is 1.69. The highest BCUT2D eigenvalue weighted by molar-refractivity contribution is 5.91. The van der Waals surface area contributed by atoms with Crippen molar-refractivity contribution < 1.29 is 19.4 Å². The highest BCUT2D eigenvalue weighted by Crippen LogP contribution is 2.32. The van der Waals surface area contributed by atoms with E-state index < -0.39 is 12.0 Å². The standard InChI is InChI=1S/C22H24N2O4/c1-14(13-21(26)27)23-20(25)12-11-18-17-5-3-4-6-19(17)24-22(18)15-7-9-16(28-2)10-8-15/h3-10,14,24H,11-13H2,1-2H3,(H,23,25)(H,26,27). The zero-order valence-corrected chi connectivity index (χ0v) is 16.0. The van der Waals surface area contributed by atoms with E-state index >= 15 is 0 Å². The van der Waals surface area contributed by atoms with Crippen molar-refractivity contribution in [2.24, 2.45) is 0 Å². The smallest absolute Gasteiger partial charge is 0.305 e.